The third-order valence-corrected chi connectivity index (χ3v) is 4.07. The third-order valence-electron chi connectivity index (χ3n) is 4.07. The Balaban J connectivity index is 1.71. The first-order valence-electron chi connectivity index (χ1n) is 7.94. The predicted octanol–water partition coefficient (Wildman–Crippen LogP) is 3.59. The van der Waals surface area contributed by atoms with Crippen LogP contribution >= 0.6 is 0 Å². The topological polar surface area (TPSA) is 84.9 Å². The summed E-state index contributed by atoms with van der Waals surface area (Å²) in [6, 6.07) is 11.8. The van der Waals surface area contributed by atoms with Gasteiger partial charge in [-0.1, -0.05) is 29.8 Å². The number of pyridine rings is 2. The fraction of sp³-hybridized carbons (Fsp3) is 0.158. The molecular weight excluding hydrogens is 316 g/mol. The summed E-state index contributed by atoms with van der Waals surface area (Å²) in [5.41, 5.74) is 3.75. The summed E-state index contributed by atoms with van der Waals surface area (Å²) >= 11 is 0. The average molecular weight is 332 g/mol. The molecule has 1 N–H and O–H groups in total. The van der Waals surface area contributed by atoms with Crippen molar-refractivity contribution in [2.24, 2.45) is 0 Å². The van der Waals surface area contributed by atoms with E-state index in [9.17, 15) is 5.11 Å². The summed E-state index contributed by atoms with van der Waals surface area (Å²) in [6.45, 7) is 3.90. The zero-order valence-corrected chi connectivity index (χ0v) is 13.9. The first-order valence-corrected chi connectivity index (χ1v) is 7.94. The van der Waals surface area contributed by atoms with Gasteiger partial charge < -0.3 is 9.52 Å². The molecule has 3 aromatic heterocycles. The van der Waals surface area contributed by atoms with E-state index in [-0.39, 0.29) is 17.3 Å². The van der Waals surface area contributed by atoms with Crippen LogP contribution in [-0.4, -0.2) is 25.3 Å². The number of benzene rings is 1. The molecule has 0 fully saturated rings. The van der Waals surface area contributed by atoms with Crippen LogP contribution in [0.3, 0.4) is 0 Å². The Morgan fingerprint density at radius 3 is 2.64 bits per heavy atom. The molecule has 0 saturated carbocycles. The highest BCUT2D eigenvalue weighted by Crippen LogP contribution is 2.33. The fourth-order valence-corrected chi connectivity index (χ4v) is 2.73. The molecule has 6 heteroatoms. The third kappa shape index (κ3) is 2.82. The van der Waals surface area contributed by atoms with Gasteiger partial charge in [0.05, 0.1) is 6.42 Å². The van der Waals surface area contributed by atoms with E-state index >= 15 is 0 Å². The van der Waals surface area contributed by atoms with Gasteiger partial charge in [-0.15, -0.1) is 10.2 Å². The zero-order chi connectivity index (χ0) is 17.4. The van der Waals surface area contributed by atoms with E-state index in [1.165, 1.54) is 5.56 Å². The van der Waals surface area contributed by atoms with Gasteiger partial charge in [-0.2, -0.15) is 0 Å². The number of fused-ring (bicyclic) bond motifs is 1. The molecule has 0 bridgehead atoms. The van der Waals surface area contributed by atoms with Crippen molar-refractivity contribution in [3.63, 3.8) is 0 Å². The van der Waals surface area contributed by atoms with Gasteiger partial charge in [0.1, 0.15) is 5.52 Å². The minimum atomic E-state index is -0.0493. The normalized spacial score (nSPS) is 11.1. The Labute approximate surface area is 144 Å². The van der Waals surface area contributed by atoms with Crippen LogP contribution in [0.25, 0.3) is 22.5 Å². The monoisotopic (exact) mass is 332 g/mol. The maximum atomic E-state index is 10.5. The van der Waals surface area contributed by atoms with Gasteiger partial charge in [0.2, 0.25) is 5.89 Å². The number of aromatic nitrogens is 4. The molecule has 0 saturated heterocycles. The maximum Gasteiger partial charge on any atom is 0.270 e. The molecule has 0 amide bonds. The van der Waals surface area contributed by atoms with Gasteiger partial charge in [0.15, 0.2) is 11.4 Å². The van der Waals surface area contributed by atoms with Crippen LogP contribution in [-0.2, 0) is 6.42 Å². The molecule has 25 heavy (non-hydrogen) atoms. The summed E-state index contributed by atoms with van der Waals surface area (Å²) in [5.74, 6) is 0.612. The lowest BCUT2D eigenvalue weighted by atomic mass is 10.1. The van der Waals surface area contributed by atoms with E-state index < -0.39 is 0 Å². The second-order valence-corrected chi connectivity index (χ2v) is 5.96. The second-order valence-electron chi connectivity index (χ2n) is 5.96. The minimum absolute atomic E-state index is 0.0493. The molecule has 0 atom stereocenters. The van der Waals surface area contributed by atoms with Gasteiger partial charge in [-0.3, -0.25) is 4.98 Å². The van der Waals surface area contributed by atoms with Crippen LogP contribution < -0.4 is 0 Å². The quantitative estimate of drug-likeness (QED) is 0.617. The Kier molecular flexibility index (Phi) is 3.65. The first-order chi connectivity index (χ1) is 12.1. The van der Waals surface area contributed by atoms with Gasteiger partial charge in [-0.05, 0) is 31.5 Å². The molecule has 3 heterocycles. The summed E-state index contributed by atoms with van der Waals surface area (Å²) in [7, 11) is 0. The number of nitrogens with zero attached hydrogens (tertiary/aromatic N) is 4. The first kappa shape index (κ1) is 15.3. The lowest BCUT2D eigenvalue weighted by Crippen LogP contribution is -1.93. The van der Waals surface area contributed by atoms with Gasteiger partial charge in [-0.25, -0.2) is 4.98 Å². The van der Waals surface area contributed by atoms with Crippen molar-refractivity contribution in [3.8, 4) is 17.3 Å². The van der Waals surface area contributed by atoms with Crippen LogP contribution in [0.5, 0.6) is 5.75 Å². The van der Waals surface area contributed by atoms with E-state index in [1.54, 1.807) is 6.20 Å². The number of aromatic hydroxyl groups is 1. The van der Waals surface area contributed by atoms with Crippen LogP contribution in [0.1, 0.15) is 22.7 Å². The molecule has 1 aromatic carbocycles. The van der Waals surface area contributed by atoms with Crippen molar-refractivity contribution in [1.82, 2.24) is 20.2 Å². The van der Waals surface area contributed by atoms with Crippen LogP contribution in [0.15, 0.2) is 47.0 Å². The second kappa shape index (κ2) is 5.98. The Morgan fingerprint density at radius 1 is 1.04 bits per heavy atom. The molecule has 4 rings (SSSR count). The molecule has 0 aliphatic rings. The number of hydrogen-bond acceptors (Lipinski definition) is 6. The van der Waals surface area contributed by atoms with Gasteiger partial charge >= 0.3 is 0 Å². The van der Waals surface area contributed by atoms with Crippen molar-refractivity contribution in [3.05, 3.63) is 65.3 Å². The summed E-state index contributed by atoms with van der Waals surface area (Å²) < 4.78 is 5.72. The Bertz CT molecular complexity index is 1050. The predicted molar refractivity (Wildman–Crippen MR) is 93.2 cm³/mol. The van der Waals surface area contributed by atoms with Crippen LogP contribution in [0.4, 0.5) is 0 Å². The number of aryl methyl sites for hydroxylation is 2. The molecule has 0 aliphatic heterocycles. The van der Waals surface area contributed by atoms with E-state index in [0.29, 0.717) is 17.8 Å². The van der Waals surface area contributed by atoms with Gasteiger partial charge in [0.25, 0.3) is 5.89 Å². The summed E-state index contributed by atoms with van der Waals surface area (Å²) in [6.07, 6.45) is 2.15. The van der Waals surface area contributed by atoms with Crippen molar-refractivity contribution in [1.29, 1.82) is 0 Å². The minimum Gasteiger partial charge on any atom is -0.504 e. The van der Waals surface area contributed by atoms with E-state index in [1.807, 2.05) is 50.2 Å². The van der Waals surface area contributed by atoms with Crippen molar-refractivity contribution in [2.75, 3.05) is 0 Å². The fourth-order valence-electron chi connectivity index (χ4n) is 2.73. The SMILES string of the molecule is Cc1ccc(Cc2nnc(-c3nc(C)c4cccnc4c3O)o2)cc1. The summed E-state index contributed by atoms with van der Waals surface area (Å²) in [5, 5.41) is 19.4. The molecule has 4 aromatic rings. The molecule has 0 aliphatic carbocycles. The van der Waals surface area contributed by atoms with Crippen molar-refractivity contribution in [2.45, 2.75) is 20.3 Å². The molecule has 0 radical (unpaired) electrons. The highest BCUT2D eigenvalue weighted by Gasteiger charge is 2.19. The lowest BCUT2D eigenvalue weighted by molar-refractivity contribution is 0.470. The van der Waals surface area contributed by atoms with Crippen molar-refractivity contribution >= 4 is 10.9 Å². The highest BCUT2D eigenvalue weighted by molar-refractivity contribution is 5.90. The molecule has 6 nitrogen and oxygen atoms in total. The number of rotatable bonds is 3. The van der Waals surface area contributed by atoms with E-state index in [4.69, 9.17) is 4.42 Å². The van der Waals surface area contributed by atoms with Gasteiger partial charge in [0, 0.05) is 17.3 Å². The number of hydrogen-bond donors (Lipinski definition) is 1. The Hall–Kier alpha value is -3.28. The molecule has 0 unspecified atom stereocenters. The maximum absolute atomic E-state index is 10.5. The smallest absolute Gasteiger partial charge is 0.270 e. The van der Waals surface area contributed by atoms with Crippen molar-refractivity contribution < 1.29 is 9.52 Å². The largest absolute Gasteiger partial charge is 0.504 e. The highest BCUT2D eigenvalue weighted by atomic mass is 16.4. The molecule has 124 valence electrons. The zero-order valence-electron chi connectivity index (χ0n) is 13.9. The average Bonchev–Trinajstić information content (AvgIpc) is 3.08. The van der Waals surface area contributed by atoms with E-state index in [2.05, 4.69) is 20.2 Å². The summed E-state index contributed by atoms with van der Waals surface area (Å²) in [4.78, 5) is 8.65. The van der Waals surface area contributed by atoms with E-state index in [0.717, 1.165) is 16.6 Å². The molecular formula is C19H16N4O2. The molecule has 0 spiro atoms. The Morgan fingerprint density at radius 2 is 1.84 bits per heavy atom. The standard InChI is InChI=1S/C19H16N4O2/c1-11-5-7-13(8-6-11)10-15-22-23-19(25-15)17-18(24)16-14(12(2)21-17)4-3-9-20-16/h3-9,24H,10H2,1-2H3. The van der Waals surface area contributed by atoms with Crippen LogP contribution in [0.2, 0.25) is 0 Å². The van der Waals surface area contributed by atoms with Crippen LogP contribution in [0, 0.1) is 13.8 Å². The lowest BCUT2D eigenvalue weighted by Gasteiger charge is -2.06.